The maximum atomic E-state index is 11.7. The van der Waals surface area contributed by atoms with Crippen LogP contribution in [0.4, 0.5) is 0 Å². The molecule has 0 spiro atoms. The number of esters is 1. The molecule has 2 heterocycles. The number of rotatable bonds is 2. The molecule has 0 radical (unpaired) electrons. The summed E-state index contributed by atoms with van der Waals surface area (Å²) in [4.78, 5) is 19.5. The molecule has 6 heteroatoms. The lowest BCUT2D eigenvalue weighted by atomic mass is 9.78. The zero-order chi connectivity index (χ0) is 10.9. The number of nitrogens with one attached hydrogen (secondary N) is 1. The van der Waals surface area contributed by atoms with Crippen LogP contribution >= 0.6 is 11.6 Å². The maximum Gasteiger partial charge on any atom is 0.320 e. The van der Waals surface area contributed by atoms with E-state index in [4.69, 9.17) is 16.3 Å². The minimum absolute atomic E-state index is 0.141. The summed E-state index contributed by atoms with van der Waals surface area (Å²) in [5.74, 6) is -0.295. The van der Waals surface area contributed by atoms with Gasteiger partial charge in [0.2, 0.25) is 5.28 Å². The Morgan fingerprint density at radius 2 is 2.40 bits per heavy atom. The first-order valence-electron chi connectivity index (χ1n) is 4.47. The molecular formula is C9H10ClN3O2. The Morgan fingerprint density at radius 3 is 2.87 bits per heavy atom. The van der Waals surface area contributed by atoms with Crippen LogP contribution in [0, 0.1) is 0 Å². The smallest absolute Gasteiger partial charge is 0.320 e. The van der Waals surface area contributed by atoms with Gasteiger partial charge < -0.3 is 10.1 Å². The van der Waals surface area contributed by atoms with E-state index in [0.29, 0.717) is 18.8 Å². The molecule has 0 saturated carbocycles. The van der Waals surface area contributed by atoms with Crippen LogP contribution in [0.2, 0.25) is 5.28 Å². The quantitative estimate of drug-likeness (QED) is 0.575. The molecule has 1 N–H and O–H groups in total. The second kappa shape index (κ2) is 3.75. The molecule has 1 saturated heterocycles. The number of hydrogen-bond acceptors (Lipinski definition) is 5. The lowest BCUT2D eigenvalue weighted by molar-refractivity contribution is -0.150. The minimum Gasteiger partial charge on any atom is -0.468 e. The van der Waals surface area contributed by atoms with Gasteiger partial charge in [0.25, 0.3) is 0 Å². The van der Waals surface area contributed by atoms with E-state index in [1.54, 1.807) is 6.07 Å². The van der Waals surface area contributed by atoms with Gasteiger partial charge in [-0.15, -0.1) is 0 Å². The van der Waals surface area contributed by atoms with Crippen LogP contribution in [0.5, 0.6) is 0 Å². The van der Waals surface area contributed by atoms with E-state index >= 15 is 0 Å². The zero-order valence-electron chi connectivity index (χ0n) is 8.16. The Labute approximate surface area is 91.8 Å². The van der Waals surface area contributed by atoms with Crippen molar-refractivity contribution in [3.63, 3.8) is 0 Å². The van der Waals surface area contributed by atoms with Crippen LogP contribution in [0.1, 0.15) is 5.69 Å². The zero-order valence-corrected chi connectivity index (χ0v) is 8.91. The van der Waals surface area contributed by atoms with E-state index < -0.39 is 5.41 Å². The van der Waals surface area contributed by atoms with E-state index in [2.05, 4.69) is 15.3 Å². The number of methoxy groups -OCH3 is 1. The maximum absolute atomic E-state index is 11.7. The van der Waals surface area contributed by atoms with Gasteiger partial charge in [0.05, 0.1) is 12.8 Å². The van der Waals surface area contributed by atoms with Gasteiger partial charge in [-0.2, -0.15) is 0 Å². The number of ether oxygens (including phenoxy) is 1. The SMILES string of the molecule is COC(=O)C1(c2ccnc(Cl)n2)CNC1. The molecule has 1 aliphatic heterocycles. The van der Waals surface area contributed by atoms with Gasteiger partial charge in [-0.25, -0.2) is 9.97 Å². The molecule has 2 rings (SSSR count). The molecule has 1 aliphatic rings. The highest BCUT2D eigenvalue weighted by Crippen LogP contribution is 2.28. The van der Waals surface area contributed by atoms with Crippen LogP contribution in [0.3, 0.4) is 0 Å². The van der Waals surface area contributed by atoms with Gasteiger partial charge in [-0.1, -0.05) is 0 Å². The fourth-order valence-corrected chi connectivity index (χ4v) is 1.75. The van der Waals surface area contributed by atoms with Crippen LogP contribution in [0.15, 0.2) is 12.3 Å². The standard InChI is InChI=1S/C9H10ClN3O2/c1-15-7(14)9(4-11-5-9)6-2-3-12-8(10)13-6/h2-3,11H,4-5H2,1H3. The van der Waals surface area contributed by atoms with E-state index in [1.807, 2.05) is 0 Å². The summed E-state index contributed by atoms with van der Waals surface area (Å²) in [7, 11) is 1.37. The molecule has 0 aromatic carbocycles. The van der Waals surface area contributed by atoms with Gasteiger partial charge in [0.1, 0.15) is 5.41 Å². The molecular weight excluding hydrogens is 218 g/mol. The van der Waals surface area contributed by atoms with E-state index in [0.717, 1.165) is 0 Å². The van der Waals surface area contributed by atoms with E-state index in [-0.39, 0.29) is 11.3 Å². The first-order valence-corrected chi connectivity index (χ1v) is 4.85. The predicted octanol–water partition coefficient (Wildman–Crippen LogP) is 0.144. The van der Waals surface area contributed by atoms with Gasteiger partial charge in [0, 0.05) is 19.3 Å². The number of aromatic nitrogens is 2. The second-order valence-corrected chi connectivity index (χ2v) is 3.73. The molecule has 15 heavy (non-hydrogen) atoms. The molecule has 0 atom stereocenters. The number of nitrogens with zero attached hydrogens (tertiary/aromatic N) is 2. The van der Waals surface area contributed by atoms with Crippen LogP contribution in [-0.2, 0) is 14.9 Å². The van der Waals surface area contributed by atoms with Gasteiger partial charge >= 0.3 is 5.97 Å². The predicted molar refractivity (Wildman–Crippen MR) is 53.6 cm³/mol. The Morgan fingerprint density at radius 1 is 1.67 bits per heavy atom. The Balaban J connectivity index is 2.38. The summed E-state index contributed by atoms with van der Waals surface area (Å²) in [5, 5.41) is 3.17. The van der Waals surface area contributed by atoms with Crippen molar-refractivity contribution in [1.82, 2.24) is 15.3 Å². The van der Waals surface area contributed by atoms with Gasteiger partial charge in [-0.05, 0) is 17.7 Å². The highest BCUT2D eigenvalue weighted by molar-refractivity contribution is 6.28. The highest BCUT2D eigenvalue weighted by atomic mass is 35.5. The number of carbonyl (C=O) groups is 1. The van der Waals surface area contributed by atoms with Gasteiger partial charge in [0.15, 0.2) is 0 Å². The van der Waals surface area contributed by atoms with Crippen molar-refractivity contribution in [3.05, 3.63) is 23.2 Å². The largest absolute Gasteiger partial charge is 0.468 e. The molecule has 0 bridgehead atoms. The highest BCUT2D eigenvalue weighted by Gasteiger charge is 2.48. The second-order valence-electron chi connectivity index (χ2n) is 3.39. The van der Waals surface area contributed by atoms with Crippen molar-refractivity contribution in [2.45, 2.75) is 5.41 Å². The molecule has 80 valence electrons. The molecule has 1 aromatic heterocycles. The average Bonchev–Trinajstić information content (AvgIpc) is 2.16. The minimum atomic E-state index is -0.693. The summed E-state index contributed by atoms with van der Waals surface area (Å²) in [6, 6.07) is 1.68. The Kier molecular flexibility index (Phi) is 2.58. The van der Waals surface area contributed by atoms with Crippen molar-refractivity contribution in [2.24, 2.45) is 0 Å². The third-order valence-corrected chi connectivity index (χ3v) is 2.73. The van der Waals surface area contributed by atoms with Crippen LogP contribution in [-0.4, -0.2) is 36.1 Å². The number of carbonyl (C=O) groups excluding carboxylic acids is 1. The van der Waals surface area contributed by atoms with Crippen molar-refractivity contribution >= 4 is 17.6 Å². The first-order chi connectivity index (χ1) is 7.19. The summed E-state index contributed by atoms with van der Waals surface area (Å²) in [5.41, 5.74) is -0.0884. The monoisotopic (exact) mass is 227 g/mol. The Bertz CT molecular complexity index is 393. The summed E-state index contributed by atoms with van der Waals surface area (Å²) < 4.78 is 4.77. The number of halogens is 1. The fourth-order valence-electron chi connectivity index (χ4n) is 1.60. The normalized spacial score (nSPS) is 18.0. The molecule has 1 fully saturated rings. The summed E-state index contributed by atoms with van der Waals surface area (Å²) in [6.07, 6.45) is 1.54. The lowest BCUT2D eigenvalue weighted by Gasteiger charge is -2.38. The topological polar surface area (TPSA) is 64.1 Å². The van der Waals surface area contributed by atoms with E-state index in [9.17, 15) is 4.79 Å². The third-order valence-electron chi connectivity index (χ3n) is 2.55. The lowest BCUT2D eigenvalue weighted by Crippen LogP contribution is -2.62. The Hall–Kier alpha value is -1.20. The molecule has 0 unspecified atom stereocenters. The van der Waals surface area contributed by atoms with Gasteiger partial charge in [-0.3, -0.25) is 4.79 Å². The molecule has 0 amide bonds. The number of hydrogen-bond donors (Lipinski definition) is 1. The molecule has 1 aromatic rings. The first kappa shape index (κ1) is 10.3. The van der Waals surface area contributed by atoms with Crippen LogP contribution < -0.4 is 5.32 Å². The van der Waals surface area contributed by atoms with Crippen molar-refractivity contribution < 1.29 is 9.53 Å². The molecule has 0 aliphatic carbocycles. The fraction of sp³-hybridized carbons (Fsp3) is 0.444. The van der Waals surface area contributed by atoms with Crippen LogP contribution in [0.25, 0.3) is 0 Å². The van der Waals surface area contributed by atoms with Crippen molar-refractivity contribution in [3.8, 4) is 0 Å². The van der Waals surface area contributed by atoms with E-state index in [1.165, 1.54) is 13.3 Å². The summed E-state index contributed by atoms with van der Waals surface area (Å²) >= 11 is 5.69. The molecule has 5 nitrogen and oxygen atoms in total. The van der Waals surface area contributed by atoms with Crippen molar-refractivity contribution in [1.29, 1.82) is 0 Å². The summed E-state index contributed by atoms with van der Waals surface area (Å²) in [6.45, 7) is 1.04. The third kappa shape index (κ3) is 1.57. The average molecular weight is 228 g/mol. The van der Waals surface area contributed by atoms with Crippen molar-refractivity contribution in [2.75, 3.05) is 20.2 Å².